The number of rotatable bonds is 0. The molecule has 0 rings (SSSR count). The Bertz CT molecular complexity index is 34.5. The van der Waals surface area contributed by atoms with Gasteiger partial charge in [-0.2, -0.15) is 0 Å². The normalized spacial score (nSPS) is 10.3. The average molecular weight is 126 g/mol. The van der Waals surface area contributed by atoms with Crippen LogP contribution in [0.1, 0.15) is 7.43 Å². The Hall–Kier alpha value is 0.722. The van der Waals surface area contributed by atoms with Crippen molar-refractivity contribution >= 4 is 25.4 Å². The summed E-state index contributed by atoms with van der Waals surface area (Å²) in [5.41, 5.74) is 0. The Morgan fingerprint density at radius 1 is 1.67 bits per heavy atom. The Kier molecular flexibility index (Phi) is 24.4. The van der Waals surface area contributed by atoms with E-state index in [0.29, 0.717) is 0 Å². The minimum atomic E-state index is -2.13. The summed E-state index contributed by atoms with van der Waals surface area (Å²) >= 11 is 0. The van der Waals surface area contributed by atoms with Gasteiger partial charge in [-0.05, 0) is 0 Å². The summed E-state index contributed by atoms with van der Waals surface area (Å²) in [6, 6.07) is 0. The Labute approximate surface area is 49.6 Å². The molecule has 0 radical (unpaired) electrons. The van der Waals surface area contributed by atoms with Gasteiger partial charge in [-0.1, -0.05) is 7.43 Å². The first-order chi connectivity index (χ1) is 1.73. The van der Waals surface area contributed by atoms with E-state index < -0.39 is 8.03 Å². The van der Waals surface area contributed by atoms with E-state index in [1.165, 1.54) is 6.66 Å². The van der Waals surface area contributed by atoms with Crippen LogP contribution in [-0.4, -0.2) is 28.9 Å². The van der Waals surface area contributed by atoms with Gasteiger partial charge in [-0.15, -0.1) is 0 Å². The lowest BCUT2D eigenvalue weighted by Crippen LogP contribution is -1.35. The topological polar surface area (TPSA) is 37.3 Å². The van der Waals surface area contributed by atoms with Crippen molar-refractivity contribution in [2.75, 3.05) is 6.66 Å². The molecule has 0 heterocycles. The standard InChI is InChI=1S/CH5O2P.CH4.Al.3H/c1-4(2)3;;;;;/h4H,1H3,(H,2,3);1H4;;;;. The van der Waals surface area contributed by atoms with Gasteiger partial charge >= 0.3 is 0 Å². The number of hydrogen-bond donors (Lipinski definition) is 1. The second-order valence-corrected chi connectivity index (χ2v) is 1.56. The molecule has 0 fully saturated rings. The summed E-state index contributed by atoms with van der Waals surface area (Å²) in [7, 11) is -2.13. The van der Waals surface area contributed by atoms with Crippen molar-refractivity contribution in [3.8, 4) is 0 Å². The minimum absolute atomic E-state index is 0. The molecule has 4 heteroatoms. The third kappa shape index (κ3) is 125. The molecule has 0 aromatic heterocycles. The van der Waals surface area contributed by atoms with Crippen molar-refractivity contribution in [2.24, 2.45) is 0 Å². The van der Waals surface area contributed by atoms with Crippen LogP contribution >= 0.6 is 8.03 Å². The highest BCUT2D eigenvalue weighted by Crippen LogP contribution is 1.99. The third-order valence-electron chi connectivity index (χ3n) is 0. The van der Waals surface area contributed by atoms with E-state index in [-0.39, 0.29) is 24.8 Å². The van der Waals surface area contributed by atoms with Gasteiger partial charge in [0, 0.05) is 6.66 Å². The summed E-state index contributed by atoms with van der Waals surface area (Å²) in [5.74, 6) is 0. The van der Waals surface area contributed by atoms with Crippen LogP contribution in [0.2, 0.25) is 0 Å². The Morgan fingerprint density at radius 2 is 1.67 bits per heavy atom. The van der Waals surface area contributed by atoms with Crippen LogP contribution in [0, 0.1) is 0 Å². The third-order valence-corrected chi connectivity index (χ3v) is 0. The van der Waals surface area contributed by atoms with Gasteiger partial charge in [-0.25, -0.2) is 0 Å². The molecule has 1 unspecified atom stereocenters. The van der Waals surface area contributed by atoms with Crippen LogP contribution in [0.3, 0.4) is 0 Å². The first-order valence-corrected chi connectivity index (χ1v) is 2.78. The predicted octanol–water partition coefficient (Wildman–Crippen LogP) is -0.465. The van der Waals surface area contributed by atoms with Crippen molar-refractivity contribution < 1.29 is 9.46 Å². The van der Waals surface area contributed by atoms with Gasteiger partial charge in [0.25, 0.3) is 0 Å². The zero-order chi connectivity index (χ0) is 3.58. The summed E-state index contributed by atoms with van der Waals surface area (Å²) in [5, 5.41) is 0. The van der Waals surface area contributed by atoms with Crippen LogP contribution in [0.4, 0.5) is 0 Å². The molecule has 0 aliphatic rings. The fraction of sp³-hybridized carbons (Fsp3) is 1.00. The average Bonchev–Trinajstić information content (AvgIpc) is 0.811. The van der Waals surface area contributed by atoms with E-state index in [2.05, 4.69) is 0 Å². The maximum absolute atomic E-state index is 9.19. The molecule has 0 spiro atoms. The quantitative estimate of drug-likeness (QED) is 0.352. The summed E-state index contributed by atoms with van der Waals surface area (Å²) in [6.07, 6.45) is 0. The van der Waals surface area contributed by atoms with E-state index in [4.69, 9.17) is 4.89 Å². The largest absolute Gasteiger partial charge is 0.346 e. The van der Waals surface area contributed by atoms with Crippen LogP contribution in [-0.2, 0) is 4.57 Å². The van der Waals surface area contributed by atoms with E-state index in [1.54, 1.807) is 0 Å². The molecule has 2 nitrogen and oxygen atoms in total. The van der Waals surface area contributed by atoms with Gasteiger partial charge in [0.15, 0.2) is 25.4 Å². The maximum atomic E-state index is 9.19. The van der Waals surface area contributed by atoms with Crippen molar-refractivity contribution in [1.82, 2.24) is 0 Å². The second-order valence-electron chi connectivity index (χ2n) is 0.519. The van der Waals surface area contributed by atoms with Crippen LogP contribution in [0.15, 0.2) is 0 Å². The fourth-order valence-corrected chi connectivity index (χ4v) is 0. The minimum Gasteiger partial charge on any atom is -0.346 e. The summed E-state index contributed by atoms with van der Waals surface area (Å²) < 4.78 is 9.19. The maximum Gasteiger partial charge on any atom is 0.187 e. The molecule has 0 aromatic rings. The summed E-state index contributed by atoms with van der Waals surface area (Å²) in [6.45, 7) is 1.27. The van der Waals surface area contributed by atoms with Crippen molar-refractivity contribution in [3.63, 3.8) is 0 Å². The Balaban J connectivity index is -0.0000000450. The molecule has 40 valence electrons. The van der Waals surface area contributed by atoms with Crippen molar-refractivity contribution in [1.29, 1.82) is 0 Å². The first kappa shape index (κ1) is 15.9. The van der Waals surface area contributed by atoms with Gasteiger partial charge in [0.1, 0.15) is 0 Å². The van der Waals surface area contributed by atoms with Crippen molar-refractivity contribution in [3.05, 3.63) is 0 Å². The Morgan fingerprint density at radius 3 is 1.67 bits per heavy atom. The highest BCUT2D eigenvalue weighted by atomic mass is 31.1. The van der Waals surface area contributed by atoms with E-state index in [9.17, 15) is 4.57 Å². The zero-order valence-electron chi connectivity index (χ0n) is 2.36. The van der Waals surface area contributed by atoms with Crippen LogP contribution in [0.25, 0.3) is 0 Å². The molecular weight excluding hydrogens is 114 g/mol. The van der Waals surface area contributed by atoms with E-state index >= 15 is 0 Å². The molecule has 0 aliphatic carbocycles. The lowest BCUT2D eigenvalue weighted by atomic mass is 12.0. The molecule has 0 aliphatic heterocycles. The molecule has 0 bridgehead atoms. The van der Waals surface area contributed by atoms with Crippen LogP contribution < -0.4 is 0 Å². The zero-order valence-corrected chi connectivity index (χ0v) is 3.36. The monoisotopic (exact) mass is 126 g/mol. The van der Waals surface area contributed by atoms with Gasteiger partial charge < -0.3 is 4.89 Å². The molecule has 0 amide bonds. The number of hydrogen-bond acceptors (Lipinski definition) is 1. The van der Waals surface area contributed by atoms with Gasteiger partial charge in [0.05, 0.1) is 0 Å². The second kappa shape index (κ2) is 9.21. The lowest BCUT2D eigenvalue weighted by Gasteiger charge is -1.61. The van der Waals surface area contributed by atoms with Gasteiger partial charge in [-0.3, -0.25) is 4.57 Å². The van der Waals surface area contributed by atoms with E-state index in [0.717, 1.165) is 0 Å². The fourth-order valence-electron chi connectivity index (χ4n) is 0. The molecule has 1 atom stereocenters. The smallest absolute Gasteiger partial charge is 0.187 e. The first-order valence-electron chi connectivity index (χ1n) is 0.928. The SMILES string of the molecule is C.C[PH](=O)O.[AlH3]. The van der Waals surface area contributed by atoms with Crippen molar-refractivity contribution in [2.45, 2.75) is 7.43 Å². The molecule has 0 saturated heterocycles. The van der Waals surface area contributed by atoms with E-state index in [1.807, 2.05) is 0 Å². The molecule has 1 N–H and O–H groups in total. The predicted molar refractivity (Wildman–Crippen MR) is 33.8 cm³/mol. The molecule has 0 aromatic carbocycles. The molecule has 0 saturated carbocycles. The molecule has 6 heavy (non-hydrogen) atoms. The lowest BCUT2D eigenvalue weighted by molar-refractivity contribution is 0.509. The summed E-state index contributed by atoms with van der Waals surface area (Å²) in [4.78, 5) is 7.60. The molecular formula is C2H12AlO2P. The highest BCUT2D eigenvalue weighted by molar-refractivity contribution is 7.36. The highest BCUT2D eigenvalue weighted by Gasteiger charge is 1.60. The van der Waals surface area contributed by atoms with Gasteiger partial charge in [0.2, 0.25) is 0 Å². The van der Waals surface area contributed by atoms with Crippen LogP contribution in [0.5, 0.6) is 0 Å².